The quantitative estimate of drug-likeness (QED) is 0.561. The molecule has 70 valence electrons. The number of halogens is 1. The highest BCUT2D eigenvalue weighted by molar-refractivity contribution is 7.80. The molecule has 0 atom stereocenters. The number of thiol groups is 1. The van der Waals surface area contributed by atoms with Crippen molar-refractivity contribution in [2.75, 3.05) is 5.75 Å². The second-order valence-electron chi connectivity index (χ2n) is 2.44. The molecule has 0 fully saturated rings. The predicted octanol–water partition coefficient (Wildman–Crippen LogP) is 1.76. The number of pyridine rings is 1. The zero-order chi connectivity index (χ0) is 10.4. The summed E-state index contributed by atoms with van der Waals surface area (Å²) in [5.74, 6) is 5.56. The Hall–Kier alpha value is -1.52. The second kappa shape index (κ2) is 5.26. The van der Waals surface area contributed by atoms with Crippen LogP contribution in [0.2, 0.25) is 0 Å². The molecule has 0 bridgehead atoms. The van der Waals surface area contributed by atoms with Crippen LogP contribution >= 0.6 is 12.6 Å². The van der Waals surface area contributed by atoms with Crippen molar-refractivity contribution in [2.24, 2.45) is 0 Å². The Balaban J connectivity index is 2.89. The molecule has 1 rings (SSSR count). The van der Waals surface area contributed by atoms with Crippen LogP contribution in [0.3, 0.4) is 0 Å². The van der Waals surface area contributed by atoms with Crippen LogP contribution < -0.4 is 0 Å². The van der Waals surface area contributed by atoms with Crippen LogP contribution in [0.15, 0.2) is 12.3 Å². The summed E-state index contributed by atoms with van der Waals surface area (Å²) in [4.78, 5) is 3.62. The molecule has 0 amide bonds. The molecule has 14 heavy (non-hydrogen) atoms. The minimum absolute atomic E-state index is 0.204. The number of nitriles is 1. The highest BCUT2D eigenvalue weighted by Crippen LogP contribution is 2.04. The molecule has 4 heteroatoms. The maximum atomic E-state index is 13.0. The third-order valence-electron chi connectivity index (χ3n) is 1.42. The van der Waals surface area contributed by atoms with E-state index in [1.54, 1.807) is 6.07 Å². The lowest BCUT2D eigenvalue weighted by Crippen LogP contribution is -1.90. The van der Waals surface area contributed by atoms with E-state index in [9.17, 15) is 4.39 Å². The van der Waals surface area contributed by atoms with Gasteiger partial charge in [-0.1, -0.05) is 11.8 Å². The summed E-state index contributed by atoms with van der Waals surface area (Å²) in [6.07, 6.45) is 2.03. The van der Waals surface area contributed by atoms with Crippen molar-refractivity contribution >= 4 is 12.6 Å². The summed E-state index contributed by atoms with van der Waals surface area (Å²) in [5.41, 5.74) is 0.271. The zero-order valence-electron chi connectivity index (χ0n) is 7.29. The SMILES string of the molecule is N#Cc1ncc(C#CCCS)cc1F. The largest absolute Gasteiger partial charge is 0.241 e. The van der Waals surface area contributed by atoms with E-state index in [1.165, 1.54) is 12.3 Å². The highest BCUT2D eigenvalue weighted by Gasteiger charge is 2.01. The molecule has 0 N–H and O–H groups in total. The number of hydrogen-bond acceptors (Lipinski definition) is 3. The molecular weight excluding hydrogens is 199 g/mol. The Bertz CT molecular complexity index is 426. The number of hydrogen-bond donors (Lipinski definition) is 1. The summed E-state index contributed by atoms with van der Waals surface area (Å²) in [7, 11) is 0. The maximum absolute atomic E-state index is 13.0. The van der Waals surface area contributed by atoms with Crippen molar-refractivity contribution < 1.29 is 4.39 Å². The minimum atomic E-state index is -0.634. The minimum Gasteiger partial charge on any atom is -0.241 e. The molecule has 0 aliphatic heterocycles. The molecule has 0 aromatic carbocycles. The fraction of sp³-hybridized carbons (Fsp3) is 0.200. The van der Waals surface area contributed by atoms with Gasteiger partial charge in [0.15, 0.2) is 11.5 Å². The average Bonchev–Trinajstić information content (AvgIpc) is 2.18. The summed E-state index contributed by atoms with van der Waals surface area (Å²) in [6.45, 7) is 0. The molecule has 1 aromatic heterocycles. The Morgan fingerprint density at radius 2 is 2.36 bits per heavy atom. The third-order valence-corrected chi connectivity index (χ3v) is 1.64. The Morgan fingerprint density at radius 3 is 2.93 bits per heavy atom. The maximum Gasteiger partial charge on any atom is 0.176 e. The first-order valence-corrected chi connectivity index (χ1v) is 4.56. The Morgan fingerprint density at radius 1 is 1.57 bits per heavy atom. The fourth-order valence-electron chi connectivity index (χ4n) is 0.809. The molecule has 0 unspecified atom stereocenters. The molecule has 1 heterocycles. The van der Waals surface area contributed by atoms with Crippen molar-refractivity contribution in [3.05, 3.63) is 29.3 Å². The summed E-state index contributed by atoms with van der Waals surface area (Å²) in [6, 6.07) is 2.85. The summed E-state index contributed by atoms with van der Waals surface area (Å²) >= 11 is 3.98. The van der Waals surface area contributed by atoms with Gasteiger partial charge in [0.25, 0.3) is 0 Å². The van der Waals surface area contributed by atoms with Gasteiger partial charge in [-0.15, -0.1) is 0 Å². The van der Waals surface area contributed by atoms with Gasteiger partial charge in [0, 0.05) is 23.9 Å². The van der Waals surface area contributed by atoms with Gasteiger partial charge in [-0.2, -0.15) is 17.9 Å². The van der Waals surface area contributed by atoms with E-state index in [0.29, 0.717) is 17.7 Å². The second-order valence-corrected chi connectivity index (χ2v) is 2.89. The van der Waals surface area contributed by atoms with Gasteiger partial charge in [-0.25, -0.2) is 9.37 Å². The first-order valence-electron chi connectivity index (χ1n) is 3.93. The van der Waals surface area contributed by atoms with Gasteiger partial charge >= 0.3 is 0 Å². The normalized spacial score (nSPS) is 8.64. The fourth-order valence-corrected chi connectivity index (χ4v) is 0.921. The van der Waals surface area contributed by atoms with Crippen LogP contribution in [0.4, 0.5) is 4.39 Å². The zero-order valence-corrected chi connectivity index (χ0v) is 8.18. The molecular formula is C10H7FN2S. The van der Waals surface area contributed by atoms with E-state index in [4.69, 9.17) is 5.26 Å². The molecule has 1 aromatic rings. The number of nitrogens with zero attached hydrogens (tertiary/aromatic N) is 2. The van der Waals surface area contributed by atoms with Gasteiger partial charge in [0.05, 0.1) is 0 Å². The molecule has 0 aliphatic rings. The Labute approximate surface area is 87.2 Å². The predicted molar refractivity (Wildman–Crippen MR) is 54.3 cm³/mol. The van der Waals surface area contributed by atoms with Crippen LogP contribution in [0, 0.1) is 29.0 Å². The summed E-state index contributed by atoms with van der Waals surface area (Å²) < 4.78 is 13.0. The van der Waals surface area contributed by atoms with Crippen LogP contribution in [0.25, 0.3) is 0 Å². The van der Waals surface area contributed by atoms with E-state index >= 15 is 0 Å². The molecule has 0 saturated carbocycles. The van der Waals surface area contributed by atoms with Gasteiger partial charge in [-0.05, 0) is 6.07 Å². The van der Waals surface area contributed by atoms with Crippen molar-refractivity contribution in [3.8, 4) is 17.9 Å². The first-order chi connectivity index (χ1) is 6.77. The van der Waals surface area contributed by atoms with Crippen LogP contribution in [0.1, 0.15) is 17.7 Å². The van der Waals surface area contributed by atoms with Crippen molar-refractivity contribution in [3.63, 3.8) is 0 Å². The van der Waals surface area contributed by atoms with E-state index in [-0.39, 0.29) is 5.69 Å². The molecule has 2 nitrogen and oxygen atoms in total. The van der Waals surface area contributed by atoms with Gasteiger partial charge in [0.1, 0.15) is 6.07 Å². The molecule has 0 spiro atoms. The van der Waals surface area contributed by atoms with E-state index in [0.717, 1.165) is 0 Å². The van der Waals surface area contributed by atoms with Crippen LogP contribution in [-0.2, 0) is 0 Å². The molecule has 0 radical (unpaired) electrons. The summed E-state index contributed by atoms with van der Waals surface area (Å²) in [5, 5.41) is 8.42. The van der Waals surface area contributed by atoms with E-state index in [1.807, 2.05) is 0 Å². The van der Waals surface area contributed by atoms with Gasteiger partial charge in [-0.3, -0.25) is 0 Å². The van der Waals surface area contributed by atoms with Gasteiger partial charge in [0.2, 0.25) is 0 Å². The van der Waals surface area contributed by atoms with Crippen LogP contribution in [0.5, 0.6) is 0 Å². The van der Waals surface area contributed by atoms with Crippen LogP contribution in [-0.4, -0.2) is 10.7 Å². The van der Waals surface area contributed by atoms with Crippen molar-refractivity contribution in [1.29, 1.82) is 5.26 Å². The highest BCUT2D eigenvalue weighted by atomic mass is 32.1. The third kappa shape index (κ3) is 2.76. The van der Waals surface area contributed by atoms with Gasteiger partial charge < -0.3 is 0 Å². The lowest BCUT2D eigenvalue weighted by molar-refractivity contribution is 0.616. The Kier molecular flexibility index (Phi) is 3.97. The number of rotatable bonds is 1. The number of aromatic nitrogens is 1. The molecule has 0 saturated heterocycles. The lowest BCUT2D eigenvalue weighted by Gasteiger charge is -1.92. The lowest BCUT2D eigenvalue weighted by atomic mass is 10.2. The topological polar surface area (TPSA) is 36.7 Å². The molecule has 0 aliphatic carbocycles. The standard InChI is InChI=1S/C10H7FN2S/c11-9-5-8(3-1-2-4-14)7-13-10(9)6-12/h5,7,14H,2,4H2. The first kappa shape index (κ1) is 10.6. The van der Waals surface area contributed by atoms with Crippen molar-refractivity contribution in [1.82, 2.24) is 4.98 Å². The van der Waals surface area contributed by atoms with Crippen molar-refractivity contribution in [2.45, 2.75) is 6.42 Å². The smallest absolute Gasteiger partial charge is 0.176 e. The van der Waals surface area contributed by atoms with E-state index in [2.05, 4.69) is 29.5 Å². The average molecular weight is 206 g/mol. The monoisotopic (exact) mass is 206 g/mol. The van der Waals surface area contributed by atoms with E-state index < -0.39 is 5.82 Å².